The second-order valence-corrected chi connectivity index (χ2v) is 12.9. The molecule has 1 aliphatic carbocycles. The third-order valence-corrected chi connectivity index (χ3v) is 10.0. The Morgan fingerprint density at radius 2 is 1.78 bits per heavy atom. The summed E-state index contributed by atoms with van der Waals surface area (Å²) < 4.78 is 46.8. The summed E-state index contributed by atoms with van der Waals surface area (Å²) in [5.41, 5.74) is -0.358. The fourth-order valence-corrected chi connectivity index (χ4v) is 7.44. The fraction of sp³-hybridized carbons (Fsp3) is 0.606. The van der Waals surface area contributed by atoms with Gasteiger partial charge in [0, 0.05) is 36.3 Å². The van der Waals surface area contributed by atoms with E-state index < -0.39 is 17.8 Å². The molecule has 0 unspecified atom stereocenters. The maximum atomic E-state index is 13.1. The van der Waals surface area contributed by atoms with Gasteiger partial charge in [-0.2, -0.15) is 18.3 Å². The number of carbonyl (C=O) groups is 1. The lowest BCUT2D eigenvalue weighted by Crippen LogP contribution is -2.50. The first-order valence-electron chi connectivity index (χ1n) is 16.3. The van der Waals surface area contributed by atoms with E-state index in [1.807, 2.05) is 10.9 Å². The molecule has 2 aromatic heterocycles. The molecule has 0 atom stereocenters. The summed E-state index contributed by atoms with van der Waals surface area (Å²) in [6.45, 7) is 5.89. The van der Waals surface area contributed by atoms with E-state index in [9.17, 15) is 18.0 Å². The number of carbonyl (C=O) groups excluding carboxylic acids is 1. The summed E-state index contributed by atoms with van der Waals surface area (Å²) in [6, 6.07) is 8.49. The topological polar surface area (TPSA) is 87.5 Å². The SMILES string of the molecule is COc1cc2nn(C3CCC(CN(C)C4CCN(C5CCNCC5)CC4)CC3)cc2cc1NC(=O)c1cccc(C(F)(F)F)n1. The van der Waals surface area contributed by atoms with Gasteiger partial charge in [0.25, 0.3) is 5.91 Å². The molecule has 2 saturated heterocycles. The number of aromatic nitrogens is 3. The highest BCUT2D eigenvalue weighted by atomic mass is 19.4. The minimum Gasteiger partial charge on any atom is -0.494 e. The second-order valence-electron chi connectivity index (χ2n) is 12.9. The van der Waals surface area contributed by atoms with Crippen LogP contribution in [0.3, 0.4) is 0 Å². The number of amides is 1. The molecule has 1 aromatic carbocycles. The molecule has 3 aliphatic rings. The lowest BCUT2D eigenvalue weighted by molar-refractivity contribution is -0.141. The number of hydrogen-bond acceptors (Lipinski definition) is 7. The number of anilines is 1. The summed E-state index contributed by atoms with van der Waals surface area (Å²) in [4.78, 5) is 21.6. The largest absolute Gasteiger partial charge is 0.494 e. The Morgan fingerprint density at radius 1 is 1.04 bits per heavy atom. The molecule has 3 aromatic rings. The van der Waals surface area contributed by atoms with Crippen molar-refractivity contribution in [2.75, 3.05) is 52.2 Å². The van der Waals surface area contributed by atoms with Crippen LogP contribution in [0.25, 0.3) is 10.9 Å². The van der Waals surface area contributed by atoms with Gasteiger partial charge >= 0.3 is 6.18 Å². The number of likely N-dealkylation sites (tertiary alicyclic amines) is 1. The molecule has 4 heterocycles. The Balaban J connectivity index is 1.03. The standard InChI is InChI=1S/C33H44F3N7O2/c1-41(24-12-16-42(17-13-24)25-10-14-37-15-11-25)20-22-6-8-26(9-7-22)43-21-23-18-29(30(45-2)19-28(23)40-43)39-32(44)27-4-3-5-31(38-27)33(34,35)36/h3-5,18-19,21-22,24-26,37H,6-17,20H2,1-2H3,(H,39,44). The van der Waals surface area contributed by atoms with Gasteiger partial charge in [0.1, 0.15) is 17.1 Å². The van der Waals surface area contributed by atoms with Crippen LogP contribution in [-0.2, 0) is 6.18 Å². The number of hydrogen-bond donors (Lipinski definition) is 2. The van der Waals surface area contributed by atoms with Gasteiger partial charge in [0.15, 0.2) is 0 Å². The lowest BCUT2D eigenvalue weighted by atomic mass is 9.85. The predicted octanol–water partition coefficient (Wildman–Crippen LogP) is 5.59. The van der Waals surface area contributed by atoms with E-state index in [1.54, 1.807) is 12.1 Å². The zero-order chi connectivity index (χ0) is 31.6. The number of alkyl halides is 3. The van der Waals surface area contributed by atoms with E-state index in [0.717, 1.165) is 68.3 Å². The van der Waals surface area contributed by atoms with Crippen molar-refractivity contribution in [3.8, 4) is 5.75 Å². The van der Waals surface area contributed by atoms with E-state index in [1.165, 1.54) is 58.0 Å². The monoisotopic (exact) mass is 627 g/mol. The summed E-state index contributed by atoms with van der Waals surface area (Å²) in [7, 11) is 3.79. The number of nitrogens with zero attached hydrogens (tertiary/aromatic N) is 5. The Labute approximate surface area is 262 Å². The van der Waals surface area contributed by atoms with Gasteiger partial charge in [-0.15, -0.1) is 0 Å². The van der Waals surface area contributed by atoms with E-state index in [0.29, 0.717) is 29.4 Å². The third-order valence-electron chi connectivity index (χ3n) is 10.0. The molecule has 3 fully saturated rings. The number of piperidine rings is 2. The van der Waals surface area contributed by atoms with Gasteiger partial charge in [-0.05, 0) is 109 Å². The van der Waals surface area contributed by atoms with E-state index in [-0.39, 0.29) is 5.69 Å². The quantitative estimate of drug-likeness (QED) is 0.337. The predicted molar refractivity (Wildman–Crippen MR) is 168 cm³/mol. The first kappa shape index (κ1) is 31.7. The maximum Gasteiger partial charge on any atom is 0.433 e. The van der Waals surface area contributed by atoms with E-state index in [4.69, 9.17) is 9.84 Å². The fourth-order valence-electron chi connectivity index (χ4n) is 7.44. The van der Waals surface area contributed by atoms with Gasteiger partial charge in [-0.3, -0.25) is 9.48 Å². The average Bonchev–Trinajstić information content (AvgIpc) is 3.47. The van der Waals surface area contributed by atoms with Gasteiger partial charge in [0.2, 0.25) is 0 Å². The highest BCUT2D eigenvalue weighted by molar-refractivity contribution is 6.05. The Kier molecular flexibility index (Phi) is 9.62. The molecule has 1 amide bonds. The number of nitrogens with one attached hydrogen (secondary N) is 2. The molecule has 244 valence electrons. The van der Waals surface area contributed by atoms with Crippen molar-refractivity contribution >= 4 is 22.5 Å². The molecule has 0 radical (unpaired) electrons. The summed E-state index contributed by atoms with van der Waals surface area (Å²) in [5, 5.41) is 11.8. The molecule has 9 nitrogen and oxygen atoms in total. The second kappa shape index (κ2) is 13.6. The summed E-state index contributed by atoms with van der Waals surface area (Å²) in [5.74, 6) is 0.313. The summed E-state index contributed by atoms with van der Waals surface area (Å²) >= 11 is 0. The minimum atomic E-state index is -4.64. The Morgan fingerprint density at radius 3 is 2.47 bits per heavy atom. The zero-order valence-electron chi connectivity index (χ0n) is 26.2. The smallest absolute Gasteiger partial charge is 0.433 e. The number of methoxy groups -OCH3 is 1. The molecule has 0 spiro atoms. The molecule has 2 aliphatic heterocycles. The normalized spacial score (nSPS) is 22.6. The number of benzene rings is 1. The van der Waals surface area contributed by atoms with Crippen LogP contribution in [0, 0.1) is 5.92 Å². The summed E-state index contributed by atoms with van der Waals surface area (Å²) in [6.07, 6.45) is 6.87. The van der Waals surface area contributed by atoms with E-state index in [2.05, 4.69) is 32.5 Å². The number of ether oxygens (including phenoxy) is 1. The van der Waals surface area contributed by atoms with Crippen LogP contribution in [0.2, 0.25) is 0 Å². The van der Waals surface area contributed by atoms with Crippen molar-refractivity contribution in [2.24, 2.45) is 5.92 Å². The van der Waals surface area contributed by atoms with Crippen molar-refractivity contribution in [3.05, 3.63) is 47.9 Å². The number of pyridine rings is 1. The van der Waals surface area contributed by atoms with Crippen LogP contribution in [0.5, 0.6) is 5.75 Å². The first-order valence-corrected chi connectivity index (χ1v) is 16.3. The van der Waals surface area contributed by atoms with Crippen molar-refractivity contribution < 1.29 is 22.7 Å². The Hall–Kier alpha value is -3.22. The van der Waals surface area contributed by atoms with Gasteiger partial charge < -0.3 is 25.2 Å². The van der Waals surface area contributed by atoms with Crippen molar-refractivity contribution in [1.29, 1.82) is 0 Å². The number of rotatable bonds is 8. The van der Waals surface area contributed by atoms with Crippen molar-refractivity contribution in [3.63, 3.8) is 0 Å². The van der Waals surface area contributed by atoms with Gasteiger partial charge in [0.05, 0.1) is 24.4 Å². The van der Waals surface area contributed by atoms with Crippen molar-refractivity contribution in [1.82, 2.24) is 29.9 Å². The first-order chi connectivity index (χ1) is 21.7. The molecule has 12 heteroatoms. The highest BCUT2D eigenvalue weighted by Gasteiger charge is 2.33. The van der Waals surface area contributed by atoms with Crippen LogP contribution in [-0.4, -0.2) is 89.4 Å². The third kappa shape index (κ3) is 7.44. The number of halogens is 3. The van der Waals surface area contributed by atoms with Crippen LogP contribution in [0.15, 0.2) is 36.5 Å². The molecule has 6 rings (SSSR count). The van der Waals surface area contributed by atoms with E-state index >= 15 is 0 Å². The van der Waals surface area contributed by atoms with Crippen LogP contribution < -0.4 is 15.4 Å². The van der Waals surface area contributed by atoms with Crippen LogP contribution >= 0.6 is 0 Å². The van der Waals surface area contributed by atoms with Gasteiger partial charge in [-0.25, -0.2) is 4.98 Å². The number of fused-ring (bicyclic) bond motifs is 1. The molecular weight excluding hydrogens is 583 g/mol. The zero-order valence-corrected chi connectivity index (χ0v) is 26.2. The lowest BCUT2D eigenvalue weighted by Gasteiger charge is -2.42. The molecule has 2 N–H and O–H groups in total. The highest BCUT2D eigenvalue weighted by Crippen LogP contribution is 2.36. The van der Waals surface area contributed by atoms with Crippen LogP contribution in [0.4, 0.5) is 18.9 Å². The Bertz CT molecular complexity index is 1460. The molecule has 45 heavy (non-hydrogen) atoms. The average molecular weight is 628 g/mol. The maximum absolute atomic E-state index is 13.1. The van der Waals surface area contributed by atoms with Crippen molar-refractivity contribution in [2.45, 2.75) is 75.7 Å². The molecule has 1 saturated carbocycles. The van der Waals surface area contributed by atoms with Crippen LogP contribution in [0.1, 0.15) is 73.6 Å². The molecule has 0 bridgehead atoms. The minimum absolute atomic E-state index is 0.297. The molecular formula is C33H44F3N7O2. The van der Waals surface area contributed by atoms with Gasteiger partial charge in [-0.1, -0.05) is 6.07 Å².